The molecule has 0 aromatic carbocycles. The van der Waals surface area contributed by atoms with E-state index in [1.54, 1.807) is 33.8 Å². The lowest BCUT2D eigenvalue weighted by Crippen LogP contribution is -2.47. The molecule has 4 rings (SSSR count). The Morgan fingerprint density at radius 1 is 1.09 bits per heavy atom. The highest BCUT2D eigenvalue weighted by molar-refractivity contribution is 6.04. The van der Waals surface area contributed by atoms with E-state index in [0.29, 0.717) is 5.69 Å². The number of aryl methyl sites for hydroxylation is 1. The van der Waals surface area contributed by atoms with Crippen LogP contribution in [0.4, 0.5) is 19.0 Å². The third kappa shape index (κ3) is 8.76. The van der Waals surface area contributed by atoms with Crippen molar-refractivity contribution in [3.05, 3.63) is 53.2 Å². The Morgan fingerprint density at radius 3 is 2.34 bits per heavy atom. The number of halogens is 3. The van der Waals surface area contributed by atoms with Gasteiger partial charge in [-0.15, -0.1) is 10.2 Å². The molecule has 0 bridgehead atoms. The molecule has 1 saturated carbocycles. The zero-order chi connectivity index (χ0) is 34.7. The van der Waals surface area contributed by atoms with Crippen molar-refractivity contribution >= 4 is 29.6 Å². The fourth-order valence-electron chi connectivity index (χ4n) is 4.72. The molecule has 1 atom stereocenters. The van der Waals surface area contributed by atoms with E-state index in [4.69, 9.17) is 9.47 Å². The maximum atomic E-state index is 15.2. The standard InChI is InChI=1S/C29H32F3N7O8/c1-15-7-18(46-19-11-28(31,32)12-19)8-17(33-15)9-23(40)34-22-6-5-21(36-37-22)29(25(42)43,26(44)45)10-16(30)13-39-14-20(35-38-39)24(41)47-27(2,3)4/h5-8,14,16,19H,9-13H2,1-4H3,(H,42,43)(H,44,45)(H,34,37,40)/t16-/m1/s1. The van der Waals surface area contributed by atoms with E-state index >= 15 is 4.39 Å². The molecule has 0 unspecified atom stereocenters. The van der Waals surface area contributed by atoms with Crippen molar-refractivity contribution in [3.63, 3.8) is 0 Å². The summed E-state index contributed by atoms with van der Waals surface area (Å²) in [5.74, 6) is -7.93. The minimum atomic E-state index is -2.88. The van der Waals surface area contributed by atoms with E-state index in [0.717, 1.165) is 23.0 Å². The molecule has 3 aromatic rings. The Kier molecular flexibility index (Phi) is 9.81. The lowest BCUT2D eigenvalue weighted by molar-refractivity contribution is -0.159. The first-order chi connectivity index (χ1) is 21.8. The highest BCUT2D eigenvalue weighted by Crippen LogP contribution is 2.40. The largest absolute Gasteiger partial charge is 0.490 e. The quantitative estimate of drug-likeness (QED) is 0.178. The van der Waals surface area contributed by atoms with Crippen molar-refractivity contribution in [2.45, 2.75) is 89.1 Å². The second-order valence-electron chi connectivity index (χ2n) is 12.1. The Labute approximate surface area is 265 Å². The molecule has 1 fully saturated rings. The van der Waals surface area contributed by atoms with Gasteiger partial charge in [-0.1, -0.05) is 5.21 Å². The Bertz CT molecular complexity index is 1640. The number of aliphatic carboxylic acids is 2. The molecule has 252 valence electrons. The van der Waals surface area contributed by atoms with Crippen LogP contribution in [0.1, 0.15) is 67.6 Å². The van der Waals surface area contributed by atoms with Crippen LogP contribution < -0.4 is 10.1 Å². The van der Waals surface area contributed by atoms with Crippen molar-refractivity contribution in [2.75, 3.05) is 5.32 Å². The number of rotatable bonds is 13. The van der Waals surface area contributed by atoms with Gasteiger partial charge < -0.3 is 25.0 Å². The van der Waals surface area contributed by atoms with Gasteiger partial charge in [-0.3, -0.25) is 19.4 Å². The van der Waals surface area contributed by atoms with Gasteiger partial charge in [-0.05, 0) is 39.8 Å². The molecule has 1 amide bonds. The molecule has 0 spiro atoms. The van der Waals surface area contributed by atoms with Gasteiger partial charge in [0.25, 0.3) is 5.92 Å². The number of carboxylic acid groups (broad SMARTS) is 2. The number of nitrogens with zero attached hydrogens (tertiary/aromatic N) is 6. The number of pyridine rings is 1. The van der Waals surface area contributed by atoms with E-state index in [2.05, 4.69) is 30.8 Å². The summed E-state index contributed by atoms with van der Waals surface area (Å²) in [6.07, 6.45) is -3.88. The minimum Gasteiger partial charge on any atom is -0.490 e. The van der Waals surface area contributed by atoms with Crippen LogP contribution in [0.5, 0.6) is 5.75 Å². The number of esters is 1. The summed E-state index contributed by atoms with van der Waals surface area (Å²) < 4.78 is 53.2. The number of carbonyl (C=O) groups excluding carboxylic acids is 2. The van der Waals surface area contributed by atoms with Gasteiger partial charge in [0.1, 0.15) is 23.6 Å². The summed E-state index contributed by atoms with van der Waals surface area (Å²) in [7, 11) is 0. The molecule has 1 aliphatic rings. The SMILES string of the molecule is Cc1cc(OC2CC(F)(F)C2)cc(CC(=O)Nc2ccc(C(C[C@@H](F)Cn3cc(C(=O)OC(C)(C)C)nn3)(C(=O)O)C(=O)O)nn2)n1. The van der Waals surface area contributed by atoms with Crippen LogP contribution in [0, 0.1) is 6.92 Å². The summed E-state index contributed by atoms with van der Waals surface area (Å²) in [4.78, 5) is 53.6. The van der Waals surface area contributed by atoms with Gasteiger partial charge in [0.2, 0.25) is 11.3 Å². The van der Waals surface area contributed by atoms with E-state index in [1.807, 2.05) is 0 Å². The summed E-state index contributed by atoms with van der Waals surface area (Å²) in [5, 5.41) is 36.9. The Balaban J connectivity index is 1.42. The van der Waals surface area contributed by atoms with Crippen molar-refractivity contribution in [3.8, 4) is 5.75 Å². The molecular formula is C29H32F3N7O8. The number of nitrogens with one attached hydrogen (secondary N) is 1. The van der Waals surface area contributed by atoms with Crippen molar-refractivity contribution in [2.24, 2.45) is 0 Å². The molecular weight excluding hydrogens is 631 g/mol. The molecule has 47 heavy (non-hydrogen) atoms. The number of carbonyl (C=O) groups is 4. The number of hydrogen-bond acceptors (Lipinski definition) is 11. The predicted molar refractivity (Wildman–Crippen MR) is 154 cm³/mol. The fraction of sp³-hybridized carbons (Fsp3) is 0.483. The van der Waals surface area contributed by atoms with Crippen molar-refractivity contribution < 1.29 is 52.0 Å². The van der Waals surface area contributed by atoms with Crippen LogP contribution in [0.2, 0.25) is 0 Å². The van der Waals surface area contributed by atoms with Crippen molar-refractivity contribution in [1.82, 2.24) is 30.2 Å². The molecule has 0 saturated heterocycles. The highest BCUT2D eigenvalue weighted by atomic mass is 19.3. The minimum absolute atomic E-state index is 0.168. The van der Waals surface area contributed by atoms with Crippen molar-refractivity contribution in [1.29, 1.82) is 0 Å². The van der Waals surface area contributed by atoms with Crippen LogP contribution in [-0.4, -0.2) is 88.0 Å². The van der Waals surface area contributed by atoms with Gasteiger partial charge in [0, 0.05) is 37.1 Å². The second kappa shape index (κ2) is 13.3. The molecule has 3 N–H and O–H groups in total. The lowest BCUT2D eigenvalue weighted by atomic mass is 9.79. The molecule has 3 heterocycles. The molecule has 15 nitrogen and oxygen atoms in total. The topological polar surface area (TPSA) is 209 Å². The van der Waals surface area contributed by atoms with Crippen LogP contribution in [0.15, 0.2) is 30.5 Å². The number of hydrogen-bond donors (Lipinski definition) is 3. The van der Waals surface area contributed by atoms with Crippen LogP contribution >= 0.6 is 0 Å². The summed E-state index contributed by atoms with van der Waals surface area (Å²) in [6, 6.07) is 5.08. The normalized spacial score (nSPS) is 15.3. The highest BCUT2D eigenvalue weighted by Gasteiger charge is 2.52. The number of amides is 1. The zero-order valence-electron chi connectivity index (χ0n) is 25.7. The average molecular weight is 664 g/mol. The smallest absolute Gasteiger partial charge is 0.361 e. The number of carboxylic acids is 2. The number of aromatic nitrogens is 6. The van der Waals surface area contributed by atoms with Gasteiger partial charge >= 0.3 is 17.9 Å². The first-order valence-electron chi connectivity index (χ1n) is 14.3. The maximum Gasteiger partial charge on any atom is 0.361 e. The van der Waals surface area contributed by atoms with E-state index in [9.17, 15) is 38.2 Å². The zero-order valence-corrected chi connectivity index (χ0v) is 25.7. The average Bonchev–Trinajstić information content (AvgIpc) is 3.38. The molecule has 18 heteroatoms. The van der Waals surface area contributed by atoms with Gasteiger partial charge in [-0.2, -0.15) is 5.10 Å². The lowest BCUT2D eigenvalue weighted by Gasteiger charge is -2.34. The number of ether oxygens (including phenoxy) is 2. The van der Waals surface area contributed by atoms with E-state index < -0.39 is 84.5 Å². The van der Waals surface area contributed by atoms with Gasteiger partial charge in [0.15, 0.2) is 11.5 Å². The van der Waals surface area contributed by atoms with Gasteiger partial charge in [-0.25, -0.2) is 22.6 Å². The molecule has 0 aliphatic heterocycles. The fourth-order valence-corrected chi connectivity index (χ4v) is 4.72. The first-order valence-corrected chi connectivity index (χ1v) is 14.3. The number of anilines is 1. The predicted octanol–water partition coefficient (Wildman–Crippen LogP) is 2.92. The Hall–Kier alpha value is -5.16. The third-order valence-electron chi connectivity index (χ3n) is 6.84. The monoisotopic (exact) mass is 663 g/mol. The maximum absolute atomic E-state index is 15.2. The van der Waals surface area contributed by atoms with Crippen LogP contribution in [0.25, 0.3) is 0 Å². The summed E-state index contributed by atoms with van der Waals surface area (Å²) in [6.45, 7) is 5.89. The van der Waals surface area contributed by atoms with Crippen LogP contribution in [-0.2, 0) is 37.5 Å². The van der Waals surface area contributed by atoms with Gasteiger partial charge in [0.05, 0.1) is 30.6 Å². The first kappa shape index (κ1) is 34.7. The second-order valence-corrected chi connectivity index (χ2v) is 12.1. The Morgan fingerprint density at radius 2 is 1.77 bits per heavy atom. The molecule has 3 aromatic heterocycles. The summed E-state index contributed by atoms with van der Waals surface area (Å²) >= 11 is 0. The van der Waals surface area contributed by atoms with Crippen LogP contribution in [0.3, 0.4) is 0 Å². The molecule has 1 aliphatic carbocycles. The number of alkyl halides is 3. The van der Waals surface area contributed by atoms with E-state index in [-0.39, 0.29) is 29.4 Å². The summed E-state index contributed by atoms with van der Waals surface area (Å²) in [5.41, 5.74) is -3.80. The van der Waals surface area contributed by atoms with E-state index in [1.165, 1.54) is 6.07 Å². The molecule has 0 radical (unpaired) electrons. The third-order valence-corrected chi connectivity index (χ3v) is 6.84.